The number of hydrogen-bond donors (Lipinski definition) is 0. The lowest BCUT2D eigenvalue weighted by Gasteiger charge is -2.11. The van der Waals surface area contributed by atoms with Crippen LogP contribution in [0.25, 0.3) is 0 Å². The molecule has 1 unspecified atom stereocenters. The third-order valence-electron chi connectivity index (χ3n) is 2.19. The van der Waals surface area contributed by atoms with Crippen LogP contribution < -0.4 is 0 Å². The van der Waals surface area contributed by atoms with Gasteiger partial charge in [-0.15, -0.1) is 0 Å². The average molecular weight is 272 g/mol. The van der Waals surface area contributed by atoms with Gasteiger partial charge in [0.2, 0.25) is 0 Å². The van der Waals surface area contributed by atoms with Crippen LogP contribution in [0, 0.1) is 5.92 Å². The Morgan fingerprint density at radius 3 is 1.84 bits per heavy atom. The Balaban J connectivity index is 3.67. The maximum atomic E-state index is 11.1. The molecule has 6 heteroatoms. The molecule has 0 amide bonds. The zero-order valence-electron chi connectivity index (χ0n) is 11.6. The predicted octanol–water partition coefficient (Wildman–Crippen LogP) is 1.06. The summed E-state index contributed by atoms with van der Waals surface area (Å²) in [6.07, 6.45) is 0.0826. The number of Topliss-reactive ketones (excluding diaryl/α,β-unsaturated/α-hetero) is 2. The van der Waals surface area contributed by atoms with Gasteiger partial charge in [0.25, 0.3) is 0 Å². The van der Waals surface area contributed by atoms with E-state index in [1.54, 1.807) is 0 Å². The van der Waals surface area contributed by atoms with E-state index < -0.39 is 11.9 Å². The smallest absolute Gasteiger partial charge is 0.313 e. The normalized spacial score (nSPS) is 11.5. The molecule has 0 radical (unpaired) electrons. The van der Waals surface area contributed by atoms with Gasteiger partial charge in [-0.3, -0.25) is 19.2 Å². The lowest BCUT2D eigenvalue weighted by atomic mass is 10.1. The molecule has 0 aromatic carbocycles. The molecule has 0 spiro atoms. The molecule has 0 N–H and O–H groups in total. The molecule has 0 fully saturated rings. The topological polar surface area (TPSA) is 86.7 Å². The largest absolute Gasteiger partial charge is 0.465 e. The Morgan fingerprint density at radius 2 is 1.37 bits per heavy atom. The number of carbonyl (C=O) groups is 4. The molecule has 0 aliphatic rings. The van der Waals surface area contributed by atoms with Crippen LogP contribution in [0.3, 0.4) is 0 Å². The molecule has 0 saturated carbocycles. The summed E-state index contributed by atoms with van der Waals surface area (Å²) in [5.41, 5.74) is 0. The third-order valence-corrected chi connectivity index (χ3v) is 2.19. The first kappa shape index (κ1) is 17.3. The Morgan fingerprint density at radius 1 is 0.895 bits per heavy atom. The van der Waals surface area contributed by atoms with Crippen molar-refractivity contribution >= 4 is 23.5 Å². The molecule has 0 aliphatic heterocycles. The summed E-state index contributed by atoms with van der Waals surface area (Å²) in [5, 5.41) is 0. The van der Waals surface area contributed by atoms with Crippen molar-refractivity contribution < 1.29 is 28.7 Å². The van der Waals surface area contributed by atoms with Gasteiger partial charge in [0, 0.05) is 0 Å². The Bertz CT molecular complexity index is 347. The first-order valence-electron chi connectivity index (χ1n) is 6.11. The highest BCUT2D eigenvalue weighted by Crippen LogP contribution is 2.04. The molecule has 0 heterocycles. The van der Waals surface area contributed by atoms with Gasteiger partial charge in [-0.2, -0.15) is 0 Å². The number of rotatable bonds is 9. The van der Waals surface area contributed by atoms with Crippen LogP contribution in [-0.4, -0.2) is 36.7 Å². The van der Waals surface area contributed by atoms with Crippen molar-refractivity contribution in [2.75, 3.05) is 13.2 Å². The Kier molecular flexibility index (Phi) is 8.41. The summed E-state index contributed by atoms with van der Waals surface area (Å²) < 4.78 is 9.72. The highest BCUT2D eigenvalue weighted by molar-refractivity contribution is 5.94. The predicted molar refractivity (Wildman–Crippen MR) is 66.3 cm³/mol. The van der Waals surface area contributed by atoms with E-state index in [1.807, 2.05) is 6.92 Å². The third kappa shape index (κ3) is 11.1. The number of hydrogen-bond acceptors (Lipinski definition) is 6. The summed E-state index contributed by atoms with van der Waals surface area (Å²) in [5.74, 6) is -1.56. The van der Waals surface area contributed by atoms with Crippen LogP contribution in [0.2, 0.25) is 0 Å². The van der Waals surface area contributed by atoms with Crippen LogP contribution in [0.5, 0.6) is 0 Å². The van der Waals surface area contributed by atoms with Crippen LogP contribution in [0.4, 0.5) is 0 Å². The van der Waals surface area contributed by atoms with Crippen LogP contribution in [-0.2, 0) is 28.7 Å². The monoisotopic (exact) mass is 272 g/mol. The summed E-state index contributed by atoms with van der Waals surface area (Å²) in [7, 11) is 0. The van der Waals surface area contributed by atoms with Crippen LogP contribution in [0.1, 0.15) is 40.0 Å². The quantitative estimate of drug-likeness (QED) is 0.460. The standard InChI is InChI=1S/C13H20O6/c1-9(8-19-13(17)7-11(3)15)4-5-18-12(16)6-10(2)14/h9H,4-8H2,1-3H3. The maximum absolute atomic E-state index is 11.1. The summed E-state index contributed by atoms with van der Waals surface area (Å²) in [4.78, 5) is 43.4. The fourth-order valence-corrected chi connectivity index (χ4v) is 1.20. The van der Waals surface area contributed by atoms with Crippen molar-refractivity contribution in [1.82, 2.24) is 0 Å². The second-order valence-electron chi connectivity index (χ2n) is 4.55. The SMILES string of the molecule is CC(=O)CC(=O)OCCC(C)COC(=O)CC(C)=O. The minimum absolute atomic E-state index is 0.0148. The van der Waals surface area contributed by atoms with Gasteiger partial charge in [0.15, 0.2) is 0 Å². The lowest BCUT2D eigenvalue weighted by Crippen LogP contribution is -2.16. The summed E-state index contributed by atoms with van der Waals surface area (Å²) in [6.45, 7) is 4.82. The maximum Gasteiger partial charge on any atom is 0.313 e. The van der Waals surface area contributed by atoms with Gasteiger partial charge in [-0.25, -0.2) is 0 Å². The molecule has 19 heavy (non-hydrogen) atoms. The van der Waals surface area contributed by atoms with Gasteiger partial charge in [0.05, 0.1) is 13.2 Å². The van der Waals surface area contributed by atoms with E-state index in [0.29, 0.717) is 6.42 Å². The number of ketones is 2. The van der Waals surface area contributed by atoms with Crippen molar-refractivity contribution in [1.29, 1.82) is 0 Å². The lowest BCUT2D eigenvalue weighted by molar-refractivity contribution is -0.149. The molecule has 0 rings (SSSR count). The van der Waals surface area contributed by atoms with E-state index in [0.717, 1.165) is 0 Å². The molecule has 108 valence electrons. The average Bonchev–Trinajstić information content (AvgIpc) is 2.24. The molecule has 6 nitrogen and oxygen atoms in total. The molecule has 1 atom stereocenters. The van der Waals surface area contributed by atoms with Crippen molar-refractivity contribution in [3.8, 4) is 0 Å². The Hall–Kier alpha value is -1.72. The van der Waals surface area contributed by atoms with E-state index in [1.165, 1.54) is 13.8 Å². The van der Waals surface area contributed by atoms with Gasteiger partial charge < -0.3 is 9.47 Å². The van der Waals surface area contributed by atoms with Crippen LogP contribution in [0.15, 0.2) is 0 Å². The summed E-state index contributed by atoms with van der Waals surface area (Å²) in [6, 6.07) is 0. The Labute approximate surface area is 112 Å². The molecule has 0 aromatic heterocycles. The fraction of sp³-hybridized carbons (Fsp3) is 0.692. The molecule has 0 aromatic rings. The van der Waals surface area contributed by atoms with E-state index >= 15 is 0 Å². The minimum atomic E-state index is -0.548. The van der Waals surface area contributed by atoms with Gasteiger partial charge in [-0.1, -0.05) is 6.92 Å². The van der Waals surface area contributed by atoms with Crippen molar-refractivity contribution in [2.45, 2.75) is 40.0 Å². The van der Waals surface area contributed by atoms with E-state index in [4.69, 9.17) is 9.47 Å². The van der Waals surface area contributed by atoms with Gasteiger partial charge in [-0.05, 0) is 26.2 Å². The number of carbonyl (C=O) groups excluding carboxylic acids is 4. The number of esters is 2. The van der Waals surface area contributed by atoms with E-state index in [9.17, 15) is 19.2 Å². The second kappa shape index (κ2) is 9.24. The van der Waals surface area contributed by atoms with Crippen molar-refractivity contribution in [3.63, 3.8) is 0 Å². The van der Waals surface area contributed by atoms with E-state index in [2.05, 4.69) is 0 Å². The molecular formula is C13H20O6. The molecular weight excluding hydrogens is 252 g/mol. The molecule has 0 saturated heterocycles. The second-order valence-corrected chi connectivity index (χ2v) is 4.55. The first-order valence-corrected chi connectivity index (χ1v) is 6.11. The summed E-state index contributed by atoms with van der Waals surface area (Å²) >= 11 is 0. The zero-order valence-corrected chi connectivity index (χ0v) is 11.6. The minimum Gasteiger partial charge on any atom is -0.465 e. The first-order chi connectivity index (χ1) is 8.81. The fourth-order valence-electron chi connectivity index (χ4n) is 1.20. The highest BCUT2D eigenvalue weighted by Gasteiger charge is 2.11. The highest BCUT2D eigenvalue weighted by atomic mass is 16.5. The van der Waals surface area contributed by atoms with Crippen molar-refractivity contribution in [2.24, 2.45) is 5.92 Å². The van der Waals surface area contributed by atoms with Gasteiger partial charge >= 0.3 is 11.9 Å². The molecule has 0 aliphatic carbocycles. The number of ether oxygens (including phenoxy) is 2. The van der Waals surface area contributed by atoms with E-state index in [-0.39, 0.29) is 43.5 Å². The zero-order chi connectivity index (χ0) is 14.8. The van der Waals surface area contributed by atoms with Crippen molar-refractivity contribution in [3.05, 3.63) is 0 Å². The van der Waals surface area contributed by atoms with Gasteiger partial charge in [0.1, 0.15) is 24.4 Å². The van der Waals surface area contributed by atoms with Crippen LogP contribution >= 0.6 is 0 Å². The molecule has 0 bridgehead atoms.